The Hall–Kier alpha value is -2.15. The van der Waals surface area contributed by atoms with Gasteiger partial charge in [0, 0.05) is 18.8 Å². The number of nitrogens with one attached hydrogen (secondary N) is 1. The Morgan fingerprint density at radius 1 is 1.38 bits per heavy atom. The van der Waals surface area contributed by atoms with Crippen LogP contribution in [0.15, 0.2) is 18.5 Å². The van der Waals surface area contributed by atoms with Gasteiger partial charge < -0.3 is 15.8 Å². The predicted octanol–water partition coefficient (Wildman–Crippen LogP) is 0.838. The summed E-state index contributed by atoms with van der Waals surface area (Å²) in [4.78, 5) is 4.21. The largest absolute Gasteiger partial charge is 0.489 e. The third-order valence-electron chi connectivity index (χ3n) is 3.83. The second-order valence-corrected chi connectivity index (χ2v) is 5.35. The summed E-state index contributed by atoms with van der Waals surface area (Å²) in [7, 11) is 1.84. The minimum atomic E-state index is 0.419. The van der Waals surface area contributed by atoms with E-state index in [2.05, 4.69) is 20.6 Å². The maximum absolute atomic E-state index is 5.91. The molecule has 0 aromatic carbocycles. The Bertz CT molecular complexity index is 605. The van der Waals surface area contributed by atoms with Crippen molar-refractivity contribution in [3.63, 3.8) is 0 Å². The lowest BCUT2D eigenvalue weighted by Crippen LogP contribution is -2.30. The summed E-state index contributed by atoms with van der Waals surface area (Å²) >= 11 is 0. The van der Waals surface area contributed by atoms with Crippen molar-refractivity contribution in [3.8, 4) is 17.0 Å². The molecule has 0 saturated carbocycles. The van der Waals surface area contributed by atoms with E-state index in [1.807, 2.05) is 13.1 Å². The molecule has 0 atom stereocenters. The molecule has 3 N–H and O–H groups in total. The van der Waals surface area contributed by atoms with Crippen molar-refractivity contribution in [3.05, 3.63) is 18.5 Å². The summed E-state index contributed by atoms with van der Waals surface area (Å²) in [6.07, 6.45) is 5.69. The fourth-order valence-electron chi connectivity index (χ4n) is 2.52. The van der Waals surface area contributed by atoms with Crippen LogP contribution in [-0.4, -0.2) is 39.7 Å². The number of anilines is 1. The van der Waals surface area contributed by atoms with Crippen molar-refractivity contribution in [2.45, 2.75) is 12.8 Å². The van der Waals surface area contributed by atoms with Gasteiger partial charge in [0.05, 0.1) is 18.5 Å². The van der Waals surface area contributed by atoms with Crippen LogP contribution in [0.5, 0.6) is 5.75 Å². The van der Waals surface area contributed by atoms with Gasteiger partial charge in [0.1, 0.15) is 0 Å². The van der Waals surface area contributed by atoms with Crippen molar-refractivity contribution in [1.29, 1.82) is 0 Å². The van der Waals surface area contributed by atoms with E-state index in [0.717, 1.165) is 37.2 Å². The van der Waals surface area contributed by atoms with Crippen LogP contribution >= 0.6 is 0 Å². The predicted molar refractivity (Wildman–Crippen MR) is 79.7 cm³/mol. The van der Waals surface area contributed by atoms with Crippen molar-refractivity contribution in [1.82, 2.24) is 25.3 Å². The summed E-state index contributed by atoms with van der Waals surface area (Å²) in [6, 6.07) is 1.90. The Balaban J connectivity index is 1.73. The van der Waals surface area contributed by atoms with Crippen LogP contribution in [0.25, 0.3) is 11.3 Å². The van der Waals surface area contributed by atoms with Crippen LogP contribution in [0.3, 0.4) is 0 Å². The lowest BCUT2D eigenvalue weighted by Gasteiger charge is -2.22. The topological polar surface area (TPSA) is 90.9 Å². The molecule has 3 heterocycles. The van der Waals surface area contributed by atoms with Crippen LogP contribution in [0.4, 0.5) is 5.82 Å². The molecule has 1 saturated heterocycles. The van der Waals surface area contributed by atoms with E-state index >= 15 is 0 Å². The van der Waals surface area contributed by atoms with Crippen LogP contribution in [-0.2, 0) is 7.05 Å². The molecule has 3 rings (SSSR count). The zero-order valence-electron chi connectivity index (χ0n) is 12.1. The Kier molecular flexibility index (Phi) is 4.01. The van der Waals surface area contributed by atoms with Gasteiger partial charge in [-0.2, -0.15) is 0 Å². The Labute approximate surface area is 123 Å². The number of pyridine rings is 1. The maximum Gasteiger partial charge on any atom is 0.166 e. The Morgan fingerprint density at radius 2 is 2.19 bits per heavy atom. The monoisotopic (exact) mass is 288 g/mol. The third kappa shape index (κ3) is 3.13. The molecule has 0 aliphatic carbocycles. The lowest BCUT2D eigenvalue weighted by molar-refractivity contribution is 0.216. The summed E-state index contributed by atoms with van der Waals surface area (Å²) < 4.78 is 7.59. The molecule has 2 aromatic heterocycles. The lowest BCUT2D eigenvalue weighted by atomic mass is 9.99. The van der Waals surface area contributed by atoms with Gasteiger partial charge in [0.25, 0.3) is 0 Å². The van der Waals surface area contributed by atoms with Crippen molar-refractivity contribution < 1.29 is 4.74 Å². The van der Waals surface area contributed by atoms with Gasteiger partial charge in [-0.1, -0.05) is 5.21 Å². The highest BCUT2D eigenvalue weighted by Crippen LogP contribution is 2.27. The number of aromatic nitrogens is 4. The molecule has 7 heteroatoms. The first-order chi connectivity index (χ1) is 10.2. The van der Waals surface area contributed by atoms with Gasteiger partial charge in [-0.3, -0.25) is 0 Å². The molecule has 0 unspecified atom stereocenters. The van der Waals surface area contributed by atoms with Gasteiger partial charge >= 0.3 is 0 Å². The second-order valence-electron chi connectivity index (χ2n) is 5.35. The van der Waals surface area contributed by atoms with E-state index in [1.54, 1.807) is 17.1 Å². The standard InChI is InChI=1S/C14H20N6O/c1-20-12(8-18-19-20)11-6-13(14(15)17-7-11)21-9-10-2-4-16-5-3-10/h6-8,10,16H,2-5,9H2,1H3,(H2,15,17). The highest BCUT2D eigenvalue weighted by atomic mass is 16.5. The van der Waals surface area contributed by atoms with E-state index in [9.17, 15) is 0 Å². The number of hydrogen-bond donors (Lipinski definition) is 2. The first-order valence-corrected chi connectivity index (χ1v) is 7.18. The molecule has 112 valence electrons. The van der Waals surface area contributed by atoms with Gasteiger partial charge in [0.2, 0.25) is 0 Å². The number of nitrogens with two attached hydrogens (primary N) is 1. The van der Waals surface area contributed by atoms with Crippen LogP contribution in [0.1, 0.15) is 12.8 Å². The molecule has 2 aromatic rings. The van der Waals surface area contributed by atoms with E-state index in [0.29, 0.717) is 24.1 Å². The zero-order chi connectivity index (χ0) is 14.7. The highest BCUT2D eigenvalue weighted by molar-refractivity contribution is 5.63. The van der Waals surface area contributed by atoms with Gasteiger partial charge in [0.15, 0.2) is 11.6 Å². The van der Waals surface area contributed by atoms with E-state index < -0.39 is 0 Å². The second kappa shape index (κ2) is 6.09. The maximum atomic E-state index is 5.91. The average molecular weight is 288 g/mol. The van der Waals surface area contributed by atoms with E-state index in [1.165, 1.54) is 0 Å². The summed E-state index contributed by atoms with van der Waals surface area (Å²) in [6.45, 7) is 2.80. The van der Waals surface area contributed by atoms with Crippen LogP contribution in [0.2, 0.25) is 0 Å². The van der Waals surface area contributed by atoms with Crippen LogP contribution in [0, 0.1) is 5.92 Å². The quantitative estimate of drug-likeness (QED) is 0.866. The zero-order valence-corrected chi connectivity index (χ0v) is 12.1. The first kappa shape index (κ1) is 13.8. The molecule has 1 fully saturated rings. The SMILES string of the molecule is Cn1nncc1-c1cnc(N)c(OCC2CCNCC2)c1. The Morgan fingerprint density at radius 3 is 2.90 bits per heavy atom. The molecular formula is C14H20N6O. The third-order valence-corrected chi connectivity index (χ3v) is 3.83. The minimum Gasteiger partial charge on any atom is -0.489 e. The highest BCUT2D eigenvalue weighted by Gasteiger charge is 2.15. The molecule has 0 amide bonds. The number of aryl methyl sites for hydroxylation is 1. The molecule has 0 radical (unpaired) electrons. The molecule has 7 nitrogen and oxygen atoms in total. The number of nitrogen functional groups attached to an aromatic ring is 1. The van der Waals surface area contributed by atoms with Crippen molar-refractivity contribution in [2.75, 3.05) is 25.4 Å². The van der Waals surface area contributed by atoms with Gasteiger partial charge in [-0.15, -0.1) is 5.10 Å². The van der Waals surface area contributed by atoms with Gasteiger partial charge in [-0.05, 0) is 37.9 Å². The number of nitrogens with zero attached hydrogens (tertiary/aromatic N) is 4. The molecule has 0 spiro atoms. The number of piperidine rings is 1. The van der Waals surface area contributed by atoms with Crippen LogP contribution < -0.4 is 15.8 Å². The minimum absolute atomic E-state index is 0.419. The molecule has 0 bridgehead atoms. The summed E-state index contributed by atoms with van der Waals surface area (Å²) in [5, 5.41) is 11.1. The first-order valence-electron chi connectivity index (χ1n) is 7.18. The average Bonchev–Trinajstić information content (AvgIpc) is 2.94. The molecule has 1 aliphatic heterocycles. The van der Waals surface area contributed by atoms with Crippen molar-refractivity contribution >= 4 is 5.82 Å². The fourth-order valence-corrected chi connectivity index (χ4v) is 2.52. The smallest absolute Gasteiger partial charge is 0.166 e. The van der Waals surface area contributed by atoms with E-state index in [4.69, 9.17) is 10.5 Å². The van der Waals surface area contributed by atoms with E-state index in [-0.39, 0.29) is 0 Å². The number of ether oxygens (including phenoxy) is 1. The summed E-state index contributed by atoms with van der Waals surface area (Å²) in [5.74, 6) is 1.63. The molecule has 21 heavy (non-hydrogen) atoms. The fraction of sp³-hybridized carbons (Fsp3) is 0.500. The normalized spacial score (nSPS) is 16.0. The molecular weight excluding hydrogens is 268 g/mol. The summed E-state index contributed by atoms with van der Waals surface area (Å²) in [5.41, 5.74) is 7.69. The molecule has 1 aliphatic rings. The van der Waals surface area contributed by atoms with Gasteiger partial charge in [-0.25, -0.2) is 9.67 Å². The number of rotatable bonds is 4. The number of hydrogen-bond acceptors (Lipinski definition) is 6. The van der Waals surface area contributed by atoms with Crippen molar-refractivity contribution in [2.24, 2.45) is 13.0 Å².